The topological polar surface area (TPSA) is 45.2 Å². The molecule has 2 aromatic rings. The molecular formula is C16H18ClN3OS. The maximum absolute atomic E-state index is 12.7. The van der Waals surface area contributed by atoms with Gasteiger partial charge >= 0.3 is 6.03 Å². The summed E-state index contributed by atoms with van der Waals surface area (Å²) in [5.41, 5.74) is 1.83. The van der Waals surface area contributed by atoms with Crippen LogP contribution in [-0.4, -0.2) is 22.5 Å². The van der Waals surface area contributed by atoms with Crippen molar-refractivity contribution in [3.8, 4) is 0 Å². The molecule has 1 N–H and O–H groups in total. The van der Waals surface area contributed by atoms with E-state index >= 15 is 0 Å². The minimum Gasteiger partial charge on any atom is -0.317 e. The molecule has 1 atom stereocenters. The molecule has 1 aliphatic rings. The maximum Gasteiger partial charge on any atom is 0.322 e. The number of pyridine rings is 1. The Labute approximate surface area is 139 Å². The Kier molecular flexibility index (Phi) is 4.95. The molecule has 3 heterocycles. The van der Waals surface area contributed by atoms with Crippen LogP contribution in [0.3, 0.4) is 0 Å². The molecule has 1 aliphatic heterocycles. The highest BCUT2D eigenvalue weighted by atomic mass is 35.5. The molecule has 116 valence electrons. The number of nitrogens with zero attached hydrogens (tertiary/aromatic N) is 2. The zero-order valence-corrected chi connectivity index (χ0v) is 13.7. The van der Waals surface area contributed by atoms with Crippen molar-refractivity contribution < 1.29 is 4.79 Å². The van der Waals surface area contributed by atoms with Crippen molar-refractivity contribution in [2.24, 2.45) is 0 Å². The van der Waals surface area contributed by atoms with Gasteiger partial charge < -0.3 is 10.2 Å². The first-order chi connectivity index (χ1) is 10.8. The summed E-state index contributed by atoms with van der Waals surface area (Å²) in [6.45, 7) is 0.764. The number of hydrogen-bond acceptors (Lipinski definition) is 3. The number of carbonyl (C=O) groups is 1. The van der Waals surface area contributed by atoms with Crippen molar-refractivity contribution >= 4 is 34.7 Å². The number of hydrogen-bond donors (Lipinski definition) is 1. The quantitative estimate of drug-likeness (QED) is 0.844. The van der Waals surface area contributed by atoms with Crippen LogP contribution in [0.15, 0.2) is 36.0 Å². The summed E-state index contributed by atoms with van der Waals surface area (Å²) in [7, 11) is 0. The van der Waals surface area contributed by atoms with Crippen molar-refractivity contribution in [3.05, 3.63) is 45.9 Å². The fourth-order valence-electron chi connectivity index (χ4n) is 2.85. The molecule has 0 aromatic carbocycles. The van der Waals surface area contributed by atoms with Gasteiger partial charge in [0.15, 0.2) is 0 Å². The van der Waals surface area contributed by atoms with Crippen LogP contribution in [0.4, 0.5) is 10.5 Å². The van der Waals surface area contributed by atoms with Gasteiger partial charge in [-0.05, 0) is 42.0 Å². The summed E-state index contributed by atoms with van der Waals surface area (Å²) in [6, 6.07) is 5.85. The van der Waals surface area contributed by atoms with Crippen molar-refractivity contribution in [1.29, 1.82) is 0 Å². The van der Waals surface area contributed by atoms with E-state index in [1.807, 2.05) is 28.5 Å². The van der Waals surface area contributed by atoms with E-state index in [0.29, 0.717) is 10.0 Å². The molecule has 2 amide bonds. The lowest BCUT2D eigenvalue weighted by Crippen LogP contribution is -2.38. The lowest BCUT2D eigenvalue weighted by Gasteiger charge is -2.30. The average molecular weight is 336 g/mol. The highest BCUT2D eigenvalue weighted by molar-refractivity contribution is 7.15. The fraction of sp³-hybridized carbons (Fsp3) is 0.375. The zero-order valence-electron chi connectivity index (χ0n) is 12.2. The molecule has 2 aromatic heterocycles. The normalized spacial score (nSPS) is 18.8. The number of urea groups is 1. The first kappa shape index (κ1) is 15.3. The molecule has 0 spiro atoms. The van der Waals surface area contributed by atoms with E-state index < -0.39 is 0 Å². The summed E-state index contributed by atoms with van der Waals surface area (Å²) >= 11 is 7.50. The Morgan fingerprint density at radius 3 is 2.82 bits per heavy atom. The lowest BCUT2D eigenvalue weighted by atomic mass is 10.0. The fourth-order valence-corrected chi connectivity index (χ4v) is 3.69. The first-order valence-corrected chi connectivity index (χ1v) is 8.72. The van der Waals surface area contributed by atoms with Crippen LogP contribution in [0.25, 0.3) is 0 Å². The molecule has 22 heavy (non-hydrogen) atoms. The second-order valence-electron chi connectivity index (χ2n) is 5.38. The summed E-state index contributed by atoms with van der Waals surface area (Å²) in [4.78, 5) is 18.7. The molecule has 1 saturated heterocycles. The van der Waals surface area contributed by atoms with Crippen LogP contribution in [0.2, 0.25) is 4.34 Å². The van der Waals surface area contributed by atoms with Crippen molar-refractivity contribution in [3.63, 3.8) is 0 Å². The van der Waals surface area contributed by atoms with Crippen LogP contribution in [-0.2, 0) is 0 Å². The van der Waals surface area contributed by atoms with Gasteiger partial charge in [0.05, 0.1) is 11.7 Å². The Morgan fingerprint density at radius 1 is 1.27 bits per heavy atom. The molecule has 4 nitrogen and oxygen atoms in total. The monoisotopic (exact) mass is 335 g/mol. The van der Waals surface area contributed by atoms with E-state index in [2.05, 4.69) is 10.3 Å². The second-order valence-corrected chi connectivity index (χ2v) is 6.90. The zero-order chi connectivity index (χ0) is 15.4. The number of halogens is 1. The van der Waals surface area contributed by atoms with Gasteiger partial charge in [-0.1, -0.05) is 24.4 Å². The molecule has 3 rings (SSSR count). The van der Waals surface area contributed by atoms with Crippen LogP contribution in [0.5, 0.6) is 0 Å². The van der Waals surface area contributed by atoms with E-state index in [-0.39, 0.29) is 12.1 Å². The van der Waals surface area contributed by atoms with E-state index in [0.717, 1.165) is 37.8 Å². The molecule has 0 aliphatic carbocycles. The predicted molar refractivity (Wildman–Crippen MR) is 90.5 cm³/mol. The number of carbonyl (C=O) groups excluding carboxylic acids is 1. The second kappa shape index (κ2) is 7.11. The summed E-state index contributed by atoms with van der Waals surface area (Å²) in [6.07, 6.45) is 7.87. The highest BCUT2D eigenvalue weighted by Gasteiger charge is 2.27. The standard InChI is InChI=1S/C16H18ClN3OS/c17-15-13(7-11-22-15)19-16(21)20-10-3-1-2-4-14(20)12-5-8-18-9-6-12/h5-9,11,14H,1-4,10H2,(H,19,21)/t14-/m1/s1. The minimum atomic E-state index is -0.0796. The van der Waals surface area contributed by atoms with Crippen LogP contribution >= 0.6 is 22.9 Å². The van der Waals surface area contributed by atoms with Gasteiger partial charge in [-0.2, -0.15) is 0 Å². The Hall–Kier alpha value is -1.59. The Balaban J connectivity index is 1.81. The van der Waals surface area contributed by atoms with Gasteiger partial charge in [0.2, 0.25) is 0 Å². The molecule has 0 unspecified atom stereocenters. The van der Waals surface area contributed by atoms with Crippen molar-refractivity contribution in [1.82, 2.24) is 9.88 Å². The smallest absolute Gasteiger partial charge is 0.317 e. The SMILES string of the molecule is O=C(Nc1ccsc1Cl)N1CCCCC[C@@H]1c1ccncc1. The number of anilines is 1. The van der Waals surface area contributed by atoms with Gasteiger partial charge in [0.1, 0.15) is 4.34 Å². The number of rotatable bonds is 2. The Morgan fingerprint density at radius 2 is 2.09 bits per heavy atom. The number of nitrogens with one attached hydrogen (secondary N) is 1. The maximum atomic E-state index is 12.7. The molecule has 0 bridgehead atoms. The summed E-state index contributed by atoms with van der Waals surface area (Å²) in [5.74, 6) is 0. The summed E-state index contributed by atoms with van der Waals surface area (Å²) < 4.78 is 0.614. The predicted octanol–water partition coefficient (Wildman–Crippen LogP) is 4.95. The molecule has 6 heteroatoms. The van der Waals surface area contributed by atoms with E-state index in [1.165, 1.54) is 11.3 Å². The molecule has 0 radical (unpaired) electrons. The third-order valence-electron chi connectivity index (χ3n) is 3.96. The third kappa shape index (κ3) is 3.42. The van der Waals surface area contributed by atoms with Crippen molar-refractivity contribution in [2.75, 3.05) is 11.9 Å². The number of aromatic nitrogens is 1. The van der Waals surface area contributed by atoms with E-state index in [1.54, 1.807) is 12.4 Å². The van der Waals surface area contributed by atoms with Crippen LogP contribution in [0, 0.1) is 0 Å². The van der Waals surface area contributed by atoms with E-state index in [4.69, 9.17) is 11.6 Å². The first-order valence-electron chi connectivity index (χ1n) is 7.46. The van der Waals surface area contributed by atoms with Gasteiger partial charge in [-0.25, -0.2) is 4.79 Å². The third-order valence-corrected chi connectivity index (χ3v) is 5.13. The van der Waals surface area contributed by atoms with Gasteiger partial charge in [-0.15, -0.1) is 11.3 Å². The number of likely N-dealkylation sites (tertiary alicyclic amines) is 1. The number of thiophene rings is 1. The largest absolute Gasteiger partial charge is 0.322 e. The van der Waals surface area contributed by atoms with Gasteiger partial charge in [0.25, 0.3) is 0 Å². The highest BCUT2D eigenvalue weighted by Crippen LogP contribution is 2.32. The minimum absolute atomic E-state index is 0.0796. The van der Waals surface area contributed by atoms with E-state index in [9.17, 15) is 4.79 Å². The van der Waals surface area contributed by atoms with Crippen LogP contribution in [0.1, 0.15) is 37.3 Å². The molecular weight excluding hydrogens is 318 g/mol. The van der Waals surface area contributed by atoms with Crippen molar-refractivity contribution in [2.45, 2.75) is 31.7 Å². The number of amides is 2. The van der Waals surface area contributed by atoms with Gasteiger partial charge in [-0.3, -0.25) is 4.98 Å². The molecule has 0 saturated carbocycles. The van der Waals surface area contributed by atoms with Crippen LogP contribution < -0.4 is 5.32 Å². The Bertz CT molecular complexity index is 631. The lowest BCUT2D eigenvalue weighted by molar-refractivity contribution is 0.189. The van der Waals surface area contributed by atoms with Gasteiger partial charge in [0, 0.05) is 18.9 Å². The summed E-state index contributed by atoms with van der Waals surface area (Å²) in [5, 5.41) is 4.81. The molecule has 1 fully saturated rings. The average Bonchev–Trinajstić information content (AvgIpc) is 2.80.